The Labute approximate surface area is 146 Å². The predicted molar refractivity (Wildman–Crippen MR) is 98.2 cm³/mol. The fraction of sp³-hybridized carbons (Fsp3) is 0.250. The molecule has 2 heterocycles. The minimum atomic E-state index is 0.373. The number of imidazole rings is 1. The van der Waals surface area contributed by atoms with Gasteiger partial charge in [-0.2, -0.15) is 4.98 Å². The summed E-state index contributed by atoms with van der Waals surface area (Å²) in [7, 11) is 0. The van der Waals surface area contributed by atoms with Crippen LogP contribution >= 0.6 is 0 Å². The van der Waals surface area contributed by atoms with E-state index in [-0.39, 0.29) is 0 Å². The van der Waals surface area contributed by atoms with Gasteiger partial charge in [0, 0.05) is 17.2 Å². The van der Waals surface area contributed by atoms with Gasteiger partial charge in [-0.15, -0.1) is 0 Å². The van der Waals surface area contributed by atoms with Crippen molar-refractivity contribution in [3.63, 3.8) is 0 Å². The highest BCUT2D eigenvalue weighted by Crippen LogP contribution is 2.27. The molecule has 0 atom stereocenters. The SMILES string of the molecule is CCc1ccccc1-c1nc(-c2ccc3c(c2)ncn3C(C)C)no1. The first-order valence-electron chi connectivity index (χ1n) is 8.56. The van der Waals surface area contributed by atoms with Gasteiger partial charge in [-0.25, -0.2) is 4.98 Å². The Balaban J connectivity index is 1.74. The molecule has 0 aliphatic heterocycles. The molecule has 2 aromatic carbocycles. The summed E-state index contributed by atoms with van der Waals surface area (Å²) in [6.45, 7) is 6.41. The molecular weight excluding hydrogens is 312 g/mol. The molecule has 0 radical (unpaired) electrons. The first-order valence-corrected chi connectivity index (χ1v) is 8.56. The van der Waals surface area contributed by atoms with Crippen LogP contribution in [0.1, 0.15) is 32.4 Å². The average Bonchev–Trinajstić information content (AvgIpc) is 3.28. The summed E-state index contributed by atoms with van der Waals surface area (Å²) >= 11 is 0. The lowest BCUT2D eigenvalue weighted by atomic mass is 10.1. The van der Waals surface area contributed by atoms with Crippen molar-refractivity contribution in [1.82, 2.24) is 19.7 Å². The Morgan fingerprint density at radius 3 is 2.76 bits per heavy atom. The van der Waals surface area contributed by atoms with E-state index in [1.54, 1.807) is 0 Å². The predicted octanol–water partition coefficient (Wildman–Crippen LogP) is 4.90. The first kappa shape index (κ1) is 15.6. The van der Waals surface area contributed by atoms with Crippen LogP contribution in [0.5, 0.6) is 0 Å². The number of aryl methyl sites for hydroxylation is 1. The van der Waals surface area contributed by atoms with Crippen molar-refractivity contribution in [2.75, 3.05) is 0 Å². The van der Waals surface area contributed by atoms with Crippen molar-refractivity contribution in [1.29, 1.82) is 0 Å². The highest BCUT2D eigenvalue weighted by atomic mass is 16.5. The quantitative estimate of drug-likeness (QED) is 0.533. The molecule has 4 rings (SSSR count). The molecule has 5 nitrogen and oxygen atoms in total. The van der Waals surface area contributed by atoms with E-state index in [1.165, 1.54) is 5.56 Å². The molecular formula is C20H20N4O. The van der Waals surface area contributed by atoms with Crippen LogP contribution in [0.3, 0.4) is 0 Å². The molecule has 0 amide bonds. The molecule has 0 aliphatic rings. The Bertz CT molecular complexity index is 1030. The second-order valence-electron chi connectivity index (χ2n) is 6.38. The molecule has 5 heteroatoms. The van der Waals surface area contributed by atoms with Gasteiger partial charge in [-0.1, -0.05) is 30.3 Å². The zero-order chi connectivity index (χ0) is 17.4. The topological polar surface area (TPSA) is 56.7 Å². The largest absolute Gasteiger partial charge is 0.334 e. The molecule has 0 spiro atoms. The molecule has 4 aromatic rings. The van der Waals surface area contributed by atoms with Crippen LogP contribution in [0.25, 0.3) is 33.9 Å². The number of aromatic nitrogens is 4. The van der Waals surface area contributed by atoms with E-state index in [4.69, 9.17) is 4.52 Å². The van der Waals surface area contributed by atoms with Gasteiger partial charge in [0.15, 0.2) is 0 Å². The van der Waals surface area contributed by atoms with E-state index in [0.29, 0.717) is 17.8 Å². The van der Waals surface area contributed by atoms with E-state index >= 15 is 0 Å². The summed E-state index contributed by atoms with van der Waals surface area (Å²) in [4.78, 5) is 9.09. The summed E-state index contributed by atoms with van der Waals surface area (Å²) < 4.78 is 7.67. The highest BCUT2D eigenvalue weighted by molar-refractivity contribution is 5.81. The number of rotatable bonds is 4. The standard InChI is InChI=1S/C20H20N4O/c1-4-14-7-5-6-8-16(14)20-22-19(23-25-20)15-9-10-18-17(11-15)21-12-24(18)13(2)3/h5-13H,4H2,1-3H3. The van der Waals surface area contributed by atoms with Crippen LogP contribution in [-0.2, 0) is 6.42 Å². The van der Waals surface area contributed by atoms with Crippen LogP contribution in [0.15, 0.2) is 53.3 Å². The molecule has 0 saturated heterocycles. The Kier molecular flexibility index (Phi) is 3.84. The van der Waals surface area contributed by atoms with Gasteiger partial charge in [0.25, 0.3) is 5.89 Å². The van der Waals surface area contributed by atoms with Crippen molar-refractivity contribution in [3.8, 4) is 22.8 Å². The monoisotopic (exact) mass is 332 g/mol. The Hall–Kier alpha value is -2.95. The minimum absolute atomic E-state index is 0.373. The molecule has 0 N–H and O–H groups in total. The molecule has 0 bridgehead atoms. The fourth-order valence-corrected chi connectivity index (χ4v) is 3.07. The number of hydrogen-bond donors (Lipinski definition) is 0. The Morgan fingerprint density at radius 2 is 1.96 bits per heavy atom. The fourth-order valence-electron chi connectivity index (χ4n) is 3.07. The molecule has 0 unspecified atom stereocenters. The van der Waals surface area contributed by atoms with Crippen LogP contribution in [0.4, 0.5) is 0 Å². The number of nitrogens with zero attached hydrogens (tertiary/aromatic N) is 4. The van der Waals surface area contributed by atoms with Gasteiger partial charge in [0.05, 0.1) is 17.4 Å². The van der Waals surface area contributed by atoms with Crippen molar-refractivity contribution in [2.24, 2.45) is 0 Å². The van der Waals surface area contributed by atoms with E-state index in [1.807, 2.05) is 36.7 Å². The third-order valence-electron chi connectivity index (χ3n) is 4.44. The van der Waals surface area contributed by atoms with Gasteiger partial charge in [-0.05, 0) is 50.1 Å². The van der Waals surface area contributed by atoms with Gasteiger partial charge < -0.3 is 9.09 Å². The van der Waals surface area contributed by atoms with Crippen molar-refractivity contribution < 1.29 is 4.52 Å². The number of hydrogen-bond acceptors (Lipinski definition) is 4. The minimum Gasteiger partial charge on any atom is -0.334 e. The van der Waals surface area contributed by atoms with E-state index in [2.05, 4.69) is 52.6 Å². The van der Waals surface area contributed by atoms with E-state index in [9.17, 15) is 0 Å². The van der Waals surface area contributed by atoms with E-state index in [0.717, 1.165) is 28.6 Å². The maximum absolute atomic E-state index is 5.52. The molecule has 0 fully saturated rings. The maximum Gasteiger partial charge on any atom is 0.258 e. The summed E-state index contributed by atoms with van der Waals surface area (Å²) in [6.07, 6.45) is 2.80. The summed E-state index contributed by atoms with van der Waals surface area (Å²) in [5, 5.41) is 4.17. The lowest BCUT2D eigenvalue weighted by molar-refractivity contribution is 0.432. The molecule has 2 aromatic heterocycles. The van der Waals surface area contributed by atoms with E-state index < -0.39 is 0 Å². The maximum atomic E-state index is 5.52. The summed E-state index contributed by atoms with van der Waals surface area (Å²) in [5.74, 6) is 1.14. The second-order valence-corrected chi connectivity index (χ2v) is 6.38. The lowest BCUT2D eigenvalue weighted by Gasteiger charge is -2.07. The van der Waals surface area contributed by atoms with Gasteiger partial charge >= 0.3 is 0 Å². The lowest BCUT2D eigenvalue weighted by Crippen LogP contribution is -1.97. The summed E-state index contributed by atoms with van der Waals surface area (Å²) in [6, 6.07) is 14.6. The number of benzene rings is 2. The van der Waals surface area contributed by atoms with Crippen LogP contribution in [0.2, 0.25) is 0 Å². The zero-order valence-electron chi connectivity index (χ0n) is 14.6. The smallest absolute Gasteiger partial charge is 0.258 e. The van der Waals surface area contributed by atoms with Crippen molar-refractivity contribution in [3.05, 3.63) is 54.4 Å². The van der Waals surface area contributed by atoms with Crippen LogP contribution in [-0.4, -0.2) is 19.7 Å². The van der Waals surface area contributed by atoms with Crippen LogP contribution in [0, 0.1) is 0 Å². The second kappa shape index (κ2) is 6.16. The Morgan fingerprint density at radius 1 is 1.12 bits per heavy atom. The normalized spacial score (nSPS) is 11.5. The molecule has 0 saturated carbocycles. The number of fused-ring (bicyclic) bond motifs is 1. The highest BCUT2D eigenvalue weighted by Gasteiger charge is 2.14. The van der Waals surface area contributed by atoms with Gasteiger partial charge in [0.2, 0.25) is 5.82 Å². The molecule has 126 valence electrons. The molecule has 0 aliphatic carbocycles. The summed E-state index contributed by atoms with van der Waals surface area (Å²) in [5.41, 5.74) is 5.15. The van der Waals surface area contributed by atoms with Crippen molar-refractivity contribution >= 4 is 11.0 Å². The first-order chi connectivity index (χ1) is 12.2. The van der Waals surface area contributed by atoms with Crippen molar-refractivity contribution in [2.45, 2.75) is 33.2 Å². The van der Waals surface area contributed by atoms with Gasteiger partial charge in [0.1, 0.15) is 0 Å². The molecule has 25 heavy (non-hydrogen) atoms. The third kappa shape index (κ3) is 2.71. The average molecular weight is 332 g/mol. The third-order valence-corrected chi connectivity index (χ3v) is 4.44. The van der Waals surface area contributed by atoms with Crippen LogP contribution < -0.4 is 0 Å². The van der Waals surface area contributed by atoms with Gasteiger partial charge in [-0.3, -0.25) is 0 Å². The zero-order valence-corrected chi connectivity index (χ0v) is 14.6.